The number of nitrogens with zero attached hydrogens (tertiary/aromatic N) is 2. The topological polar surface area (TPSA) is 91.0 Å². The fourth-order valence-corrected chi connectivity index (χ4v) is 4.57. The summed E-state index contributed by atoms with van der Waals surface area (Å²) in [6.07, 6.45) is 0.287. The smallest absolute Gasteiger partial charge is 0.243 e. The van der Waals surface area contributed by atoms with E-state index in [0.717, 1.165) is 6.54 Å². The summed E-state index contributed by atoms with van der Waals surface area (Å²) in [5.41, 5.74) is 0.488. The number of piperazine rings is 1. The van der Waals surface area contributed by atoms with Crippen molar-refractivity contribution >= 4 is 21.6 Å². The van der Waals surface area contributed by atoms with Gasteiger partial charge in [-0.25, -0.2) is 8.42 Å². The minimum absolute atomic E-state index is 0.0130. The van der Waals surface area contributed by atoms with E-state index in [1.54, 1.807) is 18.2 Å². The van der Waals surface area contributed by atoms with Crippen molar-refractivity contribution in [2.24, 2.45) is 0 Å². The lowest BCUT2D eigenvalue weighted by Crippen LogP contribution is -2.47. The van der Waals surface area contributed by atoms with Crippen LogP contribution < -0.4 is 10.6 Å². The average Bonchev–Trinajstić information content (AvgIpc) is 2.63. The Bertz CT molecular complexity index is 726. The third kappa shape index (κ3) is 4.80. The normalized spacial score (nSPS) is 22.9. The lowest BCUT2D eigenvalue weighted by atomic mass is 10.2. The molecule has 0 aromatic heterocycles. The molecule has 1 aromatic rings. The summed E-state index contributed by atoms with van der Waals surface area (Å²) in [4.78, 5) is 14.5. The third-order valence-corrected chi connectivity index (χ3v) is 6.54. The second-order valence-electron chi connectivity index (χ2n) is 6.71. The van der Waals surface area contributed by atoms with Crippen LogP contribution in [0.25, 0.3) is 0 Å². The van der Waals surface area contributed by atoms with E-state index in [-0.39, 0.29) is 23.3 Å². The number of sulfonamides is 1. The van der Waals surface area contributed by atoms with Gasteiger partial charge in [0.25, 0.3) is 0 Å². The molecule has 0 aliphatic carbocycles. The van der Waals surface area contributed by atoms with Gasteiger partial charge in [0.1, 0.15) is 0 Å². The number of hydrogen-bond acceptors (Lipinski definition) is 6. The van der Waals surface area contributed by atoms with Gasteiger partial charge in [0.15, 0.2) is 0 Å². The van der Waals surface area contributed by atoms with Gasteiger partial charge >= 0.3 is 0 Å². The van der Waals surface area contributed by atoms with Crippen molar-refractivity contribution in [3.05, 3.63) is 24.3 Å². The number of carbonyl (C=O) groups excluding carboxylic acids is 1. The molecule has 2 N–H and O–H groups in total. The van der Waals surface area contributed by atoms with E-state index in [0.29, 0.717) is 45.1 Å². The van der Waals surface area contributed by atoms with Crippen LogP contribution in [0, 0.1) is 0 Å². The molecule has 26 heavy (non-hydrogen) atoms. The lowest BCUT2D eigenvalue weighted by molar-refractivity contribution is -0.117. The van der Waals surface area contributed by atoms with Gasteiger partial charge in [0.2, 0.25) is 15.9 Å². The molecule has 0 spiro atoms. The predicted molar refractivity (Wildman–Crippen MR) is 98.6 cm³/mol. The second kappa shape index (κ2) is 8.45. The Morgan fingerprint density at radius 2 is 2.08 bits per heavy atom. The van der Waals surface area contributed by atoms with Crippen LogP contribution in [0.2, 0.25) is 0 Å². The number of carbonyl (C=O) groups is 1. The SMILES string of the molecule is CN1CCN(S(=O)(=O)c2cccc(NC(=O)CC3COCCN3)c2)CC1. The number of anilines is 1. The molecule has 1 atom stereocenters. The second-order valence-corrected chi connectivity index (χ2v) is 8.65. The summed E-state index contributed by atoms with van der Waals surface area (Å²) in [5, 5.41) is 6.01. The van der Waals surface area contributed by atoms with Crippen molar-refractivity contribution in [3.63, 3.8) is 0 Å². The molecule has 8 nitrogen and oxygen atoms in total. The van der Waals surface area contributed by atoms with Crippen LogP contribution in [0.15, 0.2) is 29.2 Å². The molecule has 2 fully saturated rings. The minimum Gasteiger partial charge on any atom is -0.378 e. The molecule has 2 aliphatic rings. The van der Waals surface area contributed by atoms with Gasteiger partial charge in [0, 0.05) is 50.9 Å². The summed E-state index contributed by atoms with van der Waals surface area (Å²) in [5.74, 6) is -0.165. The maximum Gasteiger partial charge on any atom is 0.243 e. The highest BCUT2D eigenvalue weighted by Gasteiger charge is 2.27. The first kappa shape index (κ1) is 19.2. The summed E-state index contributed by atoms with van der Waals surface area (Å²) >= 11 is 0. The molecule has 3 rings (SSSR count). The highest BCUT2D eigenvalue weighted by Crippen LogP contribution is 2.21. The molecule has 1 aromatic carbocycles. The number of rotatable bonds is 5. The molecule has 144 valence electrons. The highest BCUT2D eigenvalue weighted by molar-refractivity contribution is 7.89. The zero-order chi connectivity index (χ0) is 18.6. The van der Waals surface area contributed by atoms with Crippen molar-refractivity contribution < 1.29 is 17.9 Å². The molecule has 2 aliphatic heterocycles. The molecular weight excluding hydrogens is 356 g/mol. The van der Waals surface area contributed by atoms with Gasteiger partial charge in [-0.05, 0) is 25.2 Å². The van der Waals surface area contributed by atoms with E-state index in [4.69, 9.17) is 4.74 Å². The Hall–Kier alpha value is -1.52. The quantitative estimate of drug-likeness (QED) is 0.742. The average molecular weight is 382 g/mol. The minimum atomic E-state index is -3.55. The van der Waals surface area contributed by atoms with Gasteiger partial charge in [-0.3, -0.25) is 4.79 Å². The van der Waals surface area contributed by atoms with Gasteiger partial charge in [-0.1, -0.05) is 6.07 Å². The van der Waals surface area contributed by atoms with Crippen LogP contribution in [0.4, 0.5) is 5.69 Å². The largest absolute Gasteiger partial charge is 0.378 e. The number of likely N-dealkylation sites (N-methyl/N-ethyl adjacent to an activating group) is 1. The van der Waals surface area contributed by atoms with E-state index >= 15 is 0 Å². The molecule has 0 radical (unpaired) electrons. The standard InChI is InChI=1S/C17H26N4O4S/c1-20-6-8-21(9-7-20)26(23,24)16-4-2-3-14(11-16)19-17(22)12-15-13-25-10-5-18-15/h2-4,11,15,18H,5-10,12-13H2,1H3,(H,19,22). The Balaban J connectivity index is 1.64. The Labute approximate surface area is 154 Å². The van der Waals surface area contributed by atoms with Gasteiger partial charge in [-0.15, -0.1) is 0 Å². The van der Waals surface area contributed by atoms with Gasteiger partial charge in [-0.2, -0.15) is 4.31 Å². The van der Waals surface area contributed by atoms with Crippen LogP contribution in [0.1, 0.15) is 6.42 Å². The van der Waals surface area contributed by atoms with Gasteiger partial charge < -0.3 is 20.3 Å². The Kier molecular flexibility index (Phi) is 6.25. The molecule has 1 unspecified atom stereocenters. The maximum atomic E-state index is 12.8. The number of amides is 1. The lowest BCUT2D eigenvalue weighted by Gasteiger charge is -2.31. The highest BCUT2D eigenvalue weighted by atomic mass is 32.2. The zero-order valence-corrected chi connectivity index (χ0v) is 15.8. The van der Waals surface area contributed by atoms with Gasteiger partial charge in [0.05, 0.1) is 18.1 Å². The molecule has 2 saturated heterocycles. The number of hydrogen-bond donors (Lipinski definition) is 2. The number of benzene rings is 1. The monoisotopic (exact) mass is 382 g/mol. The van der Waals surface area contributed by atoms with E-state index in [1.807, 2.05) is 7.05 Å². The van der Waals surface area contributed by atoms with Crippen LogP contribution in [-0.4, -0.2) is 82.6 Å². The Morgan fingerprint density at radius 1 is 1.31 bits per heavy atom. The first-order valence-electron chi connectivity index (χ1n) is 8.85. The van der Waals surface area contributed by atoms with Crippen molar-refractivity contribution in [2.75, 3.05) is 58.3 Å². The van der Waals surface area contributed by atoms with Crippen molar-refractivity contribution in [1.29, 1.82) is 0 Å². The first-order chi connectivity index (χ1) is 12.4. The van der Waals surface area contributed by atoms with Crippen molar-refractivity contribution in [3.8, 4) is 0 Å². The summed E-state index contributed by atoms with van der Waals surface area (Å²) in [7, 11) is -1.57. The summed E-state index contributed by atoms with van der Waals surface area (Å²) in [6, 6.07) is 6.43. The van der Waals surface area contributed by atoms with Crippen molar-refractivity contribution in [1.82, 2.24) is 14.5 Å². The number of ether oxygens (including phenoxy) is 1. The molecule has 2 heterocycles. The zero-order valence-electron chi connectivity index (χ0n) is 15.0. The molecule has 1 amide bonds. The van der Waals surface area contributed by atoms with Crippen LogP contribution in [0.5, 0.6) is 0 Å². The fraction of sp³-hybridized carbons (Fsp3) is 0.588. The molecule has 0 saturated carbocycles. The predicted octanol–water partition coefficient (Wildman–Crippen LogP) is -0.0603. The van der Waals surface area contributed by atoms with E-state index in [2.05, 4.69) is 15.5 Å². The van der Waals surface area contributed by atoms with Crippen LogP contribution >= 0.6 is 0 Å². The van der Waals surface area contributed by atoms with E-state index in [9.17, 15) is 13.2 Å². The molecular formula is C17H26N4O4S. The number of morpholine rings is 1. The molecule has 0 bridgehead atoms. The van der Waals surface area contributed by atoms with Crippen LogP contribution in [0.3, 0.4) is 0 Å². The summed E-state index contributed by atoms with van der Waals surface area (Å²) < 4.78 is 32.5. The summed E-state index contributed by atoms with van der Waals surface area (Å²) in [6.45, 7) is 4.27. The maximum absolute atomic E-state index is 12.8. The first-order valence-corrected chi connectivity index (χ1v) is 10.3. The Morgan fingerprint density at radius 3 is 2.77 bits per heavy atom. The number of nitrogens with one attached hydrogen (secondary N) is 2. The van der Waals surface area contributed by atoms with E-state index < -0.39 is 10.0 Å². The third-order valence-electron chi connectivity index (χ3n) is 4.65. The fourth-order valence-electron chi connectivity index (χ4n) is 3.10. The van der Waals surface area contributed by atoms with Crippen LogP contribution in [-0.2, 0) is 19.6 Å². The van der Waals surface area contributed by atoms with Crippen molar-refractivity contribution in [2.45, 2.75) is 17.4 Å². The molecule has 9 heteroatoms. The van der Waals surface area contributed by atoms with E-state index in [1.165, 1.54) is 10.4 Å².